The molecule has 0 fully saturated rings. The summed E-state index contributed by atoms with van der Waals surface area (Å²) < 4.78 is 1.62. The lowest BCUT2D eigenvalue weighted by atomic mass is 10.2. The quantitative estimate of drug-likeness (QED) is 0.729. The van der Waals surface area contributed by atoms with Crippen LogP contribution in [0.3, 0.4) is 0 Å². The number of imidazole rings is 1. The van der Waals surface area contributed by atoms with Gasteiger partial charge in [-0.3, -0.25) is 9.78 Å². The van der Waals surface area contributed by atoms with Crippen molar-refractivity contribution in [1.29, 1.82) is 0 Å². The maximum atomic E-state index is 12.2. The van der Waals surface area contributed by atoms with Crippen molar-refractivity contribution in [3.05, 3.63) is 47.5 Å². The first kappa shape index (κ1) is 12.7. The van der Waals surface area contributed by atoms with E-state index in [1.807, 2.05) is 12.1 Å². The van der Waals surface area contributed by atoms with Crippen molar-refractivity contribution in [1.82, 2.24) is 24.5 Å². The van der Waals surface area contributed by atoms with Crippen molar-refractivity contribution in [2.75, 3.05) is 13.6 Å². The number of likely N-dealkylation sites (N-methyl/N-ethyl adjacent to an activating group) is 1. The van der Waals surface area contributed by atoms with E-state index in [2.05, 4.69) is 15.1 Å². The second-order valence-corrected chi connectivity index (χ2v) is 5.24. The topological polar surface area (TPSA) is 63.4 Å². The first-order chi connectivity index (χ1) is 9.74. The Labute approximate surface area is 119 Å². The molecule has 0 spiro atoms. The highest BCUT2D eigenvalue weighted by molar-refractivity contribution is 7.14. The predicted molar refractivity (Wildman–Crippen MR) is 75.8 cm³/mol. The average molecular weight is 287 g/mol. The van der Waals surface area contributed by atoms with Gasteiger partial charge in [-0.05, 0) is 24.1 Å². The number of pyridine rings is 1. The van der Waals surface area contributed by atoms with Crippen LogP contribution in [0.15, 0.2) is 36.2 Å². The minimum absolute atomic E-state index is 0.0863. The molecule has 3 aromatic rings. The first-order valence-electron chi connectivity index (χ1n) is 6.17. The van der Waals surface area contributed by atoms with Crippen molar-refractivity contribution < 1.29 is 4.79 Å². The van der Waals surface area contributed by atoms with Crippen LogP contribution in [-0.2, 0) is 6.42 Å². The second-order valence-electron chi connectivity index (χ2n) is 4.42. The van der Waals surface area contributed by atoms with Crippen LogP contribution in [0.4, 0.5) is 0 Å². The fourth-order valence-electron chi connectivity index (χ4n) is 1.89. The molecule has 0 bridgehead atoms. The van der Waals surface area contributed by atoms with Crippen LogP contribution in [0.25, 0.3) is 4.96 Å². The molecule has 102 valence electrons. The summed E-state index contributed by atoms with van der Waals surface area (Å²) >= 11 is 1.41. The Bertz CT molecular complexity index is 692. The minimum Gasteiger partial charge on any atom is -0.340 e. The Kier molecular flexibility index (Phi) is 3.42. The van der Waals surface area contributed by atoms with E-state index in [1.54, 1.807) is 40.6 Å². The third-order valence-electron chi connectivity index (χ3n) is 3.04. The summed E-state index contributed by atoms with van der Waals surface area (Å²) in [4.78, 5) is 22.9. The van der Waals surface area contributed by atoms with Crippen LogP contribution in [0, 0.1) is 0 Å². The molecule has 0 atom stereocenters. The largest absolute Gasteiger partial charge is 0.340 e. The van der Waals surface area contributed by atoms with E-state index in [0.717, 1.165) is 16.9 Å². The molecule has 0 radical (unpaired) electrons. The van der Waals surface area contributed by atoms with Gasteiger partial charge in [0.1, 0.15) is 11.2 Å². The van der Waals surface area contributed by atoms with Crippen LogP contribution in [0.1, 0.15) is 16.1 Å². The Morgan fingerprint density at radius 2 is 2.20 bits per heavy atom. The minimum atomic E-state index is -0.0863. The normalized spacial score (nSPS) is 10.8. The van der Waals surface area contributed by atoms with Gasteiger partial charge >= 0.3 is 0 Å². The molecule has 3 aromatic heterocycles. The molecular formula is C13H13N5OS. The number of nitrogens with zero attached hydrogens (tertiary/aromatic N) is 5. The summed E-state index contributed by atoms with van der Waals surface area (Å²) in [7, 11) is 1.78. The van der Waals surface area contributed by atoms with Gasteiger partial charge in [0, 0.05) is 26.0 Å². The van der Waals surface area contributed by atoms with Crippen LogP contribution in [0.2, 0.25) is 0 Å². The van der Waals surface area contributed by atoms with Gasteiger partial charge in [-0.2, -0.15) is 5.10 Å². The van der Waals surface area contributed by atoms with Crippen LogP contribution in [0.5, 0.6) is 0 Å². The van der Waals surface area contributed by atoms with Gasteiger partial charge in [0.2, 0.25) is 4.96 Å². The molecule has 6 nitrogen and oxygen atoms in total. The fourth-order valence-corrected chi connectivity index (χ4v) is 2.49. The average Bonchev–Trinajstić information content (AvgIpc) is 3.06. The molecule has 0 aliphatic carbocycles. The van der Waals surface area contributed by atoms with Gasteiger partial charge in [-0.25, -0.2) is 9.50 Å². The summed E-state index contributed by atoms with van der Waals surface area (Å²) in [5, 5.41) is 4.07. The van der Waals surface area contributed by atoms with Crippen molar-refractivity contribution in [3.8, 4) is 0 Å². The summed E-state index contributed by atoms with van der Waals surface area (Å²) in [5.74, 6) is -0.0863. The van der Waals surface area contributed by atoms with Gasteiger partial charge in [0.05, 0.1) is 6.20 Å². The molecule has 0 aliphatic rings. The third-order valence-corrected chi connectivity index (χ3v) is 3.73. The van der Waals surface area contributed by atoms with E-state index in [9.17, 15) is 4.79 Å². The van der Waals surface area contributed by atoms with Gasteiger partial charge in [-0.15, -0.1) is 0 Å². The number of aromatic nitrogens is 4. The highest BCUT2D eigenvalue weighted by Gasteiger charge is 2.16. The monoisotopic (exact) mass is 287 g/mol. The molecule has 0 unspecified atom stereocenters. The molecule has 3 heterocycles. The molecule has 20 heavy (non-hydrogen) atoms. The first-order valence-corrected chi connectivity index (χ1v) is 7.05. The van der Waals surface area contributed by atoms with E-state index in [-0.39, 0.29) is 5.91 Å². The molecular weight excluding hydrogens is 274 g/mol. The molecule has 3 rings (SSSR count). The fraction of sp³-hybridized carbons (Fsp3) is 0.231. The lowest BCUT2D eigenvalue weighted by Gasteiger charge is -2.15. The summed E-state index contributed by atoms with van der Waals surface area (Å²) in [5.41, 5.74) is 3.29. The second kappa shape index (κ2) is 5.38. The van der Waals surface area contributed by atoms with E-state index in [4.69, 9.17) is 0 Å². The predicted octanol–water partition coefficient (Wildman–Crippen LogP) is 1.50. The van der Waals surface area contributed by atoms with Crippen molar-refractivity contribution in [2.24, 2.45) is 0 Å². The summed E-state index contributed by atoms with van der Waals surface area (Å²) in [6.07, 6.45) is 5.97. The zero-order valence-corrected chi connectivity index (χ0v) is 11.7. The molecule has 0 aromatic carbocycles. The van der Waals surface area contributed by atoms with E-state index in [0.29, 0.717) is 12.2 Å². The summed E-state index contributed by atoms with van der Waals surface area (Å²) in [6.45, 7) is 0.640. The number of hydrogen-bond donors (Lipinski definition) is 0. The van der Waals surface area contributed by atoms with Gasteiger partial charge in [-0.1, -0.05) is 11.3 Å². The molecule has 7 heteroatoms. The van der Waals surface area contributed by atoms with Gasteiger partial charge in [0.25, 0.3) is 5.91 Å². The molecule has 0 saturated carbocycles. The summed E-state index contributed by atoms with van der Waals surface area (Å²) in [6, 6.07) is 3.91. The number of carbonyl (C=O) groups excluding carboxylic acids is 1. The Morgan fingerprint density at radius 1 is 1.40 bits per heavy atom. The van der Waals surface area contributed by atoms with E-state index >= 15 is 0 Å². The molecule has 0 N–H and O–H groups in total. The van der Waals surface area contributed by atoms with Crippen molar-refractivity contribution >= 4 is 22.2 Å². The highest BCUT2D eigenvalue weighted by atomic mass is 32.1. The Balaban J connectivity index is 1.66. The van der Waals surface area contributed by atoms with Gasteiger partial charge in [0.15, 0.2) is 0 Å². The maximum absolute atomic E-state index is 12.2. The Hall–Kier alpha value is -2.28. The standard InChI is InChI=1S/C13H13N5OS/c1-17(7-4-10-2-5-14-6-3-10)12(19)11-8-18-13(16-11)20-9-15-18/h2-3,5-6,8-9H,4,7H2,1H3. The maximum Gasteiger partial charge on any atom is 0.273 e. The Morgan fingerprint density at radius 3 is 2.95 bits per heavy atom. The van der Waals surface area contributed by atoms with Gasteiger partial charge < -0.3 is 4.90 Å². The highest BCUT2D eigenvalue weighted by Crippen LogP contribution is 2.10. The zero-order chi connectivity index (χ0) is 13.9. The number of rotatable bonds is 4. The van der Waals surface area contributed by atoms with Crippen LogP contribution in [-0.4, -0.2) is 44.0 Å². The lowest BCUT2D eigenvalue weighted by Crippen LogP contribution is -2.29. The van der Waals surface area contributed by atoms with E-state index < -0.39 is 0 Å². The molecule has 0 aliphatic heterocycles. The van der Waals surface area contributed by atoms with Crippen LogP contribution < -0.4 is 0 Å². The molecule has 0 saturated heterocycles. The van der Waals surface area contributed by atoms with Crippen LogP contribution >= 0.6 is 11.3 Å². The van der Waals surface area contributed by atoms with Crippen molar-refractivity contribution in [2.45, 2.75) is 6.42 Å². The number of hydrogen-bond acceptors (Lipinski definition) is 5. The zero-order valence-electron chi connectivity index (χ0n) is 10.9. The third kappa shape index (κ3) is 2.53. The van der Waals surface area contributed by atoms with E-state index in [1.165, 1.54) is 11.3 Å². The number of carbonyl (C=O) groups is 1. The smallest absolute Gasteiger partial charge is 0.273 e. The number of amides is 1. The molecule has 1 amide bonds. The SMILES string of the molecule is CN(CCc1ccncc1)C(=O)c1cn2ncsc2n1. The van der Waals surface area contributed by atoms with Crippen molar-refractivity contribution in [3.63, 3.8) is 0 Å². The lowest BCUT2D eigenvalue weighted by molar-refractivity contribution is 0.0791. The number of fused-ring (bicyclic) bond motifs is 1.